The van der Waals surface area contributed by atoms with Gasteiger partial charge in [0, 0.05) is 17.7 Å². The van der Waals surface area contributed by atoms with Crippen LogP contribution in [0.5, 0.6) is 0 Å². The number of hydrogen-bond acceptors (Lipinski definition) is 5. The second-order valence-corrected chi connectivity index (χ2v) is 7.21. The van der Waals surface area contributed by atoms with E-state index in [1.54, 1.807) is 24.3 Å². The van der Waals surface area contributed by atoms with Crippen LogP contribution in [0.4, 0.5) is 10.8 Å². The Bertz CT molecular complexity index is 986. The first-order valence-corrected chi connectivity index (χ1v) is 9.65. The fraction of sp³-hybridized carbons (Fsp3) is 0.158. The van der Waals surface area contributed by atoms with E-state index < -0.39 is 0 Å². The minimum absolute atomic E-state index is 0.0419. The first-order chi connectivity index (χ1) is 13.0. The molecule has 138 valence electrons. The Morgan fingerprint density at radius 3 is 2.63 bits per heavy atom. The van der Waals surface area contributed by atoms with E-state index in [4.69, 9.17) is 12.2 Å². The molecular weight excluding hydrogens is 380 g/mol. The number of anilines is 2. The van der Waals surface area contributed by atoms with Gasteiger partial charge in [-0.25, -0.2) is 4.98 Å². The predicted octanol–water partition coefficient (Wildman–Crippen LogP) is 4.16. The number of carbonyl (C=O) groups is 2. The van der Waals surface area contributed by atoms with Gasteiger partial charge in [0.15, 0.2) is 10.2 Å². The summed E-state index contributed by atoms with van der Waals surface area (Å²) in [5, 5.41) is 9.23. The van der Waals surface area contributed by atoms with Crippen molar-refractivity contribution < 1.29 is 9.59 Å². The maximum absolute atomic E-state index is 12.1. The molecule has 0 saturated carbocycles. The van der Waals surface area contributed by atoms with Crippen LogP contribution in [0.25, 0.3) is 10.2 Å². The lowest BCUT2D eigenvalue weighted by Gasteiger charge is -2.09. The van der Waals surface area contributed by atoms with Crippen LogP contribution in [-0.4, -0.2) is 21.9 Å². The number of nitrogens with one attached hydrogen (secondary N) is 3. The maximum Gasteiger partial charge on any atom is 0.257 e. The predicted molar refractivity (Wildman–Crippen MR) is 113 cm³/mol. The van der Waals surface area contributed by atoms with Gasteiger partial charge < -0.3 is 10.6 Å². The average Bonchev–Trinajstić information content (AvgIpc) is 3.03. The summed E-state index contributed by atoms with van der Waals surface area (Å²) in [6.07, 6.45) is 1.26. The van der Waals surface area contributed by atoms with Crippen molar-refractivity contribution in [3.8, 4) is 0 Å². The monoisotopic (exact) mass is 398 g/mol. The van der Waals surface area contributed by atoms with Gasteiger partial charge >= 0.3 is 0 Å². The zero-order chi connectivity index (χ0) is 19.2. The molecule has 0 bridgehead atoms. The Kier molecular flexibility index (Phi) is 6.10. The van der Waals surface area contributed by atoms with Gasteiger partial charge in [-0.2, -0.15) is 0 Å². The van der Waals surface area contributed by atoms with E-state index in [9.17, 15) is 9.59 Å². The molecule has 0 spiro atoms. The highest BCUT2D eigenvalue weighted by Crippen LogP contribution is 2.28. The lowest BCUT2D eigenvalue weighted by atomic mass is 10.2. The van der Waals surface area contributed by atoms with Crippen LogP contribution in [0.1, 0.15) is 30.1 Å². The van der Waals surface area contributed by atoms with Crippen LogP contribution in [0.2, 0.25) is 0 Å². The Morgan fingerprint density at radius 1 is 1.11 bits per heavy atom. The minimum atomic E-state index is -0.270. The molecule has 1 heterocycles. The third-order valence-corrected chi connectivity index (χ3v) is 4.77. The topological polar surface area (TPSA) is 83.1 Å². The highest BCUT2D eigenvalue weighted by molar-refractivity contribution is 7.80. The summed E-state index contributed by atoms with van der Waals surface area (Å²) in [4.78, 5) is 28.2. The van der Waals surface area contributed by atoms with Crippen LogP contribution in [0.3, 0.4) is 0 Å². The van der Waals surface area contributed by atoms with Crippen molar-refractivity contribution in [2.24, 2.45) is 0 Å². The van der Waals surface area contributed by atoms with E-state index in [0.29, 0.717) is 17.1 Å². The molecule has 8 heteroatoms. The van der Waals surface area contributed by atoms with Gasteiger partial charge in [0.1, 0.15) is 0 Å². The third kappa shape index (κ3) is 5.08. The molecule has 3 rings (SSSR count). The SMILES string of the molecule is CCCC(=O)Nc1nc2ccc(NC(=S)NC(=O)c3ccccc3)cc2s1. The van der Waals surface area contributed by atoms with Gasteiger partial charge in [-0.3, -0.25) is 14.9 Å². The van der Waals surface area contributed by atoms with Gasteiger partial charge in [-0.1, -0.05) is 36.5 Å². The number of thiocarbonyl (C=S) groups is 1. The lowest BCUT2D eigenvalue weighted by Crippen LogP contribution is -2.34. The van der Waals surface area contributed by atoms with Crippen LogP contribution >= 0.6 is 23.6 Å². The summed E-state index contributed by atoms with van der Waals surface area (Å²) in [7, 11) is 0. The largest absolute Gasteiger partial charge is 0.332 e. The second-order valence-electron chi connectivity index (χ2n) is 5.77. The number of nitrogens with zero attached hydrogens (tertiary/aromatic N) is 1. The number of fused-ring (bicyclic) bond motifs is 1. The maximum atomic E-state index is 12.1. The fourth-order valence-electron chi connectivity index (χ4n) is 2.39. The number of thiazole rings is 1. The van der Waals surface area contributed by atoms with Crippen molar-refractivity contribution in [1.29, 1.82) is 0 Å². The highest BCUT2D eigenvalue weighted by atomic mass is 32.1. The number of carbonyl (C=O) groups excluding carboxylic acids is 2. The molecule has 1 aromatic heterocycles. The first kappa shape index (κ1) is 18.9. The molecule has 27 heavy (non-hydrogen) atoms. The minimum Gasteiger partial charge on any atom is -0.332 e. The molecule has 0 saturated heterocycles. The van der Waals surface area contributed by atoms with Crippen LogP contribution < -0.4 is 16.0 Å². The molecule has 0 aliphatic heterocycles. The molecule has 2 amide bonds. The Hall–Kier alpha value is -2.84. The molecule has 0 aliphatic rings. The molecule has 6 nitrogen and oxygen atoms in total. The summed E-state index contributed by atoms with van der Waals surface area (Å²) in [5.74, 6) is -0.312. The summed E-state index contributed by atoms with van der Waals surface area (Å²) in [5.41, 5.74) is 2.06. The van der Waals surface area contributed by atoms with Crippen molar-refractivity contribution in [1.82, 2.24) is 10.3 Å². The second kappa shape index (κ2) is 8.70. The molecule has 3 aromatic rings. The van der Waals surface area contributed by atoms with Crippen LogP contribution in [0, 0.1) is 0 Å². The smallest absolute Gasteiger partial charge is 0.257 e. The molecule has 0 fully saturated rings. The Morgan fingerprint density at radius 2 is 1.89 bits per heavy atom. The molecule has 0 atom stereocenters. The molecule has 0 unspecified atom stereocenters. The molecule has 3 N–H and O–H groups in total. The Labute approximate surface area is 166 Å². The van der Waals surface area contributed by atoms with Crippen LogP contribution in [0.15, 0.2) is 48.5 Å². The van der Waals surface area contributed by atoms with Gasteiger partial charge in [0.2, 0.25) is 5.91 Å². The van der Waals surface area contributed by atoms with Gasteiger partial charge in [-0.05, 0) is 49.0 Å². The van der Waals surface area contributed by atoms with Crippen LogP contribution in [-0.2, 0) is 4.79 Å². The zero-order valence-corrected chi connectivity index (χ0v) is 16.2. The molecular formula is C19H18N4O2S2. The summed E-state index contributed by atoms with van der Waals surface area (Å²) >= 11 is 6.60. The third-order valence-electron chi connectivity index (χ3n) is 3.63. The van der Waals surface area contributed by atoms with Crippen molar-refractivity contribution in [3.63, 3.8) is 0 Å². The zero-order valence-electron chi connectivity index (χ0n) is 14.6. The molecule has 2 aromatic carbocycles. The van der Waals surface area contributed by atoms with Crippen molar-refractivity contribution >= 4 is 61.5 Å². The molecule has 0 radical (unpaired) electrons. The average molecular weight is 399 g/mol. The fourth-order valence-corrected chi connectivity index (χ4v) is 3.52. The quantitative estimate of drug-likeness (QED) is 0.562. The number of benzene rings is 2. The number of hydrogen-bond donors (Lipinski definition) is 3. The standard InChI is InChI=1S/C19H18N4O2S2/c1-2-6-16(24)22-19-21-14-10-9-13(11-15(14)27-19)20-18(26)23-17(25)12-7-4-3-5-8-12/h3-5,7-11H,2,6H2,1H3,(H,21,22,24)(H2,20,23,25,26). The van der Waals surface area contributed by atoms with E-state index in [2.05, 4.69) is 20.9 Å². The van der Waals surface area contributed by atoms with Gasteiger partial charge in [0.05, 0.1) is 10.2 Å². The highest BCUT2D eigenvalue weighted by Gasteiger charge is 2.10. The van der Waals surface area contributed by atoms with Crippen molar-refractivity contribution in [2.45, 2.75) is 19.8 Å². The lowest BCUT2D eigenvalue weighted by molar-refractivity contribution is -0.116. The van der Waals surface area contributed by atoms with E-state index in [0.717, 1.165) is 22.3 Å². The molecule has 0 aliphatic carbocycles. The summed E-state index contributed by atoms with van der Waals surface area (Å²) in [6, 6.07) is 14.4. The first-order valence-electron chi connectivity index (χ1n) is 8.43. The van der Waals surface area contributed by atoms with Gasteiger partial charge in [-0.15, -0.1) is 0 Å². The Balaban J connectivity index is 1.65. The van der Waals surface area contributed by atoms with E-state index in [-0.39, 0.29) is 16.9 Å². The van der Waals surface area contributed by atoms with E-state index in [1.807, 2.05) is 31.2 Å². The normalized spacial score (nSPS) is 10.4. The summed E-state index contributed by atoms with van der Waals surface area (Å²) < 4.78 is 0.906. The van der Waals surface area contributed by atoms with E-state index >= 15 is 0 Å². The summed E-state index contributed by atoms with van der Waals surface area (Å²) in [6.45, 7) is 1.95. The van der Waals surface area contributed by atoms with Crippen molar-refractivity contribution in [2.75, 3.05) is 10.6 Å². The number of rotatable bonds is 5. The van der Waals surface area contributed by atoms with Crippen molar-refractivity contribution in [3.05, 3.63) is 54.1 Å². The van der Waals surface area contributed by atoms with Gasteiger partial charge in [0.25, 0.3) is 5.91 Å². The number of aromatic nitrogens is 1. The van der Waals surface area contributed by atoms with E-state index in [1.165, 1.54) is 11.3 Å². The number of amides is 2.